The van der Waals surface area contributed by atoms with Gasteiger partial charge in [-0.15, -0.1) is 0 Å². The topological polar surface area (TPSA) is 59.4 Å². The van der Waals surface area contributed by atoms with Crippen LogP contribution in [0.1, 0.15) is 44.1 Å². The van der Waals surface area contributed by atoms with E-state index in [4.69, 9.17) is 4.74 Å². The molecule has 1 unspecified atom stereocenters. The first-order valence-corrected chi connectivity index (χ1v) is 9.70. The first-order valence-electron chi connectivity index (χ1n) is 9.70. The second-order valence-corrected chi connectivity index (χ2v) is 6.81. The van der Waals surface area contributed by atoms with Gasteiger partial charge >= 0.3 is 0 Å². The molecule has 0 aliphatic rings. The zero-order valence-corrected chi connectivity index (χ0v) is 17.2. The molecule has 1 amide bonds. The van der Waals surface area contributed by atoms with Gasteiger partial charge in [-0.25, -0.2) is 0 Å². The lowest BCUT2D eigenvalue weighted by Gasteiger charge is -2.19. The summed E-state index contributed by atoms with van der Waals surface area (Å²) in [5.74, 6) is 0.714. The van der Waals surface area contributed by atoms with E-state index in [9.17, 15) is 4.79 Å². The number of hydrogen-bond donors (Lipinski definition) is 1. The average molecular weight is 373 g/mol. The summed E-state index contributed by atoms with van der Waals surface area (Å²) in [7, 11) is 3.44. The first kappa shape index (κ1) is 21.0. The predicted octanol–water partition coefficient (Wildman–Crippen LogP) is 3.34. The zero-order chi connectivity index (χ0) is 19.8. The van der Waals surface area contributed by atoms with E-state index in [1.807, 2.05) is 30.3 Å². The molecule has 1 atom stereocenters. The molecule has 0 saturated carbocycles. The molecule has 6 heteroatoms. The summed E-state index contributed by atoms with van der Waals surface area (Å²) in [6.45, 7) is 9.62. The fourth-order valence-corrected chi connectivity index (χ4v) is 3.11. The molecule has 2 aromatic rings. The van der Waals surface area contributed by atoms with E-state index in [2.05, 4.69) is 36.1 Å². The number of ether oxygens (including phenoxy) is 1. The third-order valence-electron chi connectivity index (χ3n) is 4.88. The van der Waals surface area contributed by atoms with Crippen molar-refractivity contribution in [2.75, 3.05) is 26.7 Å². The predicted molar refractivity (Wildman–Crippen MR) is 109 cm³/mol. The molecular formula is C21H32N4O2. The maximum Gasteiger partial charge on any atom is 0.269 e. The average Bonchev–Trinajstić information content (AvgIpc) is 3.07. The Morgan fingerprint density at radius 2 is 1.93 bits per heavy atom. The number of aryl methyl sites for hydroxylation is 1. The molecule has 1 N–H and O–H groups in total. The van der Waals surface area contributed by atoms with E-state index < -0.39 is 0 Å². The molecule has 1 aromatic carbocycles. The Hall–Kier alpha value is -2.34. The normalized spacial score (nSPS) is 12.2. The summed E-state index contributed by atoms with van der Waals surface area (Å²) >= 11 is 0. The fourth-order valence-electron chi connectivity index (χ4n) is 3.11. The summed E-state index contributed by atoms with van der Waals surface area (Å²) in [4.78, 5) is 15.0. The summed E-state index contributed by atoms with van der Waals surface area (Å²) < 4.78 is 6.82. The molecule has 2 rings (SSSR count). The van der Waals surface area contributed by atoms with Gasteiger partial charge in [0, 0.05) is 18.7 Å². The number of carbonyl (C=O) groups excluding carboxylic acids is 1. The van der Waals surface area contributed by atoms with Crippen molar-refractivity contribution < 1.29 is 9.53 Å². The highest BCUT2D eigenvalue weighted by molar-refractivity contribution is 5.93. The SMILES string of the molecule is CCN(CC)CCCC(C)NC(=O)c1cc(-c2ccc(OC)cc2)nn1C. The van der Waals surface area contributed by atoms with E-state index in [0.29, 0.717) is 5.69 Å². The second kappa shape index (κ2) is 10.1. The third kappa shape index (κ3) is 5.82. The Bertz CT molecular complexity index is 720. The Morgan fingerprint density at radius 1 is 1.26 bits per heavy atom. The van der Waals surface area contributed by atoms with Gasteiger partial charge in [-0.1, -0.05) is 13.8 Å². The van der Waals surface area contributed by atoms with Crippen LogP contribution in [0.4, 0.5) is 0 Å². The van der Waals surface area contributed by atoms with Crippen LogP contribution in [0.5, 0.6) is 5.75 Å². The van der Waals surface area contributed by atoms with Gasteiger partial charge in [0.2, 0.25) is 0 Å². The van der Waals surface area contributed by atoms with Gasteiger partial charge in [0.05, 0.1) is 12.8 Å². The van der Waals surface area contributed by atoms with Crippen molar-refractivity contribution in [1.29, 1.82) is 0 Å². The number of amides is 1. The second-order valence-electron chi connectivity index (χ2n) is 6.81. The highest BCUT2D eigenvalue weighted by Crippen LogP contribution is 2.22. The van der Waals surface area contributed by atoms with Gasteiger partial charge in [-0.3, -0.25) is 9.48 Å². The van der Waals surface area contributed by atoms with E-state index in [1.54, 1.807) is 18.8 Å². The van der Waals surface area contributed by atoms with Gasteiger partial charge in [-0.2, -0.15) is 5.10 Å². The van der Waals surface area contributed by atoms with E-state index in [0.717, 1.165) is 49.5 Å². The molecule has 0 spiro atoms. The van der Waals surface area contributed by atoms with Crippen LogP contribution < -0.4 is 10.1 Å². The lowest BCUT2D eigenvalue weighted by molar-refractivity contribution is 0.0927. The van der Waals surface area contributed by atoms with Crippen molar-refractivity contribution in [3.8, 4) is 17.0 Å². The monoisotopic (exact) mass is 372 g/mol. The molecule has 0 aliphatic heterocycles. The van der Waals surface area contributed by atoms with E-state index in [-0.39, 0.29) is 11.9 Å². The largest absolute Gasteiger partial charge is 0.497 e. The van der Waals surface area contributed by atoms with Crippen LogP contribution in [0.15, 0.2) is 30.3 Å². The summed E-state index contributed by atoms with van der Waals surface area (Å²) in [5.41, 5.74) is 2.30. The summed E-state index contributed by atoms with van der Waals surface area (Å²) in [6.07, 6.45) is 2.04. The van der Waals surface area contributed by atoms with Crippen LogP contribution in [-0.4, -0.2) is 53.4 Å². The number of aromatic nitrogens is 2. The number of benzene rings is 1. The third-order valence-corrected chi connectivity index (χ3v) is 4.88. The van der Waals surface area contributed by atoms with Crippen LogP contribution in [0, 0.1) is 0 Å². The van der Waals surface area contributed by atoms with Crippen LogP contribution in [-0.2, 0) is 7.05 Å². The van der Waals surface area contributed by atoms with Crippen molar-refractivity contribution in [2.24, 2.45) is 7.05 Å². The van der Waals surface area contributed by atoms with Gasteiger partial charge in [-0.05, 0) is 69.7 Å². The fraction of sp³-hybridized carbons (Fsp3) is 0.524. The Labute approximate surface area is 162 Å². The van der Waals surface area contributed by atoms with Crippen molar-refractivity contribution in [2.45, 2.75) is 39.7 Å². The Kier molecular flexibility index (Phi) is 7.85. The minimum Gasteiger partial charge on any atom is -0.497 e. The number of methoxy groups -OCH3 is 1. The summed E-state index contributed by atoms with van der Waals surface area (Å²) in [5, 5.41) is 7.57. The van der Waals surface area contributed by atoms with Gasteiger partial charge in [0.25, 0.3) is 5.91 Å². The molecular weight excluding hydrogens is 340 g/mol. The van der Waals surface area contributed by atoms with Crippen LogP contribution >= 0.6 is 0 Å². The van der Waals surface area contributed by atoms with E-state index >= 15 is 0 Å². The molecule has 0 saturated heterocycles. The first-order chi connectivity index (χ1) is 13.0. The lowest BCUT2D eigenvalue weighted by atomic mass is 10.1. The van der Waals surface area contributed by atoms with Crippen LogP contribution in [0.2, 0.25) is 0 Å². The molecule has 0 fully saturated rings. The van der Waals surface area contributed by atoms with Crippen molar-refractivity contribution in [3.05, 3.63) is 36.0 Å². The van der Waals surface area contributed by atoms with Gasteiger partial charge in [0.15, 0.2) is 0 Å². The van der Waals surface area contributed by atoms with Crippen molar-refractivity contribution in [3.63, 3.8) is 0 Å². The molecule has 0 radical (unpaired) electrons. The lowest BCUT2D eigenvalue weighted by Crippen LogP contribution is -2.34. The van der Waals surface area contributed by atoms with Crippen molar-refractivity contribution >= 4 is 5.91 Å². The number of carbonyl (C=O) groups is 1. The molecule has 1 heterocycles. The van der Waals surface area contributed by atoms with Gasteiger partial charge in [0.1, 0.15) is 11.4 Å². The maximum absolute atomic E-state index is 12.6. The molecule has 1 aromatic heterocycles. The zero-order valence-electron chi connectivity index (χ0n) is 17.2. The molecule has 0 bridgehead atoms. The minimum absolute atomic E-state index is 0.0832. The quantitative estimate of drug-likeness (QED) is 0.695. The Morgan fingerprint density at radius 3 is 2.52 bits per heavy atom. The molecule has 27 heavy (non-hydrogen) atoms. The molecule has 148 valence electrons. The number of nitrogens with one attached hydrogen (secondary N) is 1. The minimum atomic E-state index is -0.0832. The van der Waals surface area contributed by atoms with E-state index in [1.165, 1.54) is 0 Å². The molecule has 0 aliphatic carbocycles. The standard InChI is InChI=1S/C21H32N4O2/c1-6-25(7-2)14-8-9-16(3)22-21(26)20-15-19(23-24(20)4)17-10-12-18(27-5)13-11-17/h10-13,15-16H,6-9,14H2,1-5H3,(H,22,26). The highest BCUT2D eigenvalue weighted by Gasteiger charge is 2.16. The van der Waals surface area contributed by atoms with Gasteiger partial charge < -0.3 is 15.0 Å². The van der Waals surface area contributed by atoms with Crippen LogP contribution in [0.3, 0.4) is 0 Å². The maximum atomic E-state index is 12.6. The number of hydrogen-bond acceptors (Lipinski definition) is 4. The molecule has 6 nitrogen and oxygen atoms in total. The number of rotatable bonds is 10. The number of nitrogens with zero attached hydrogens (tertiary/aromatic N) is 3. The highest BCUT2D eigenvalue weighted by atomic mass is 16.5. The Balaban J connectivity index is 1.95. The van der Waals surface area contributed by atoms with Crippen LogP contribution in [0.25, 0.3) is 11.3 Å². The smallest absolute Gasteiger partial charge is 0.269 e. The van der Waals surface area contributed by atoms with Crippen molar-refractivity contribution in [1.82, 2.24) is 20.0 Å². The summed E-state index contributed by atoms with van der Waals surface area (Å²) in [6, 6.07) is 9.63.